The van der Waals surface area contributed by atoms with Crippen LogP contribution in [-0.2, 0) is 22.1 Å². The fraction of sp³-hybridized carbons (Fsp3) is 0.429. The Labute approximate surface area is 168 Å². The van der Waals surface area contributed by atoms with E-state index in [0.29, 0.717) is 35.7 Å². The first-order valence-electron chi connectivity index (χ1n) is 9.62. The minimum absolute atomic E-state index is 0.0371. The van der Waals surface area contributed by atoms with Gasteiger partial charge >= 0.3 is 5.97 Å². The van der Waals surface area contributed by atoms with Crippen molar-refractivity contribution < 1.29 is 19.5 Å². The molecule has 2 aromatic rings. The Bertz CT molecular complexity index is 1020. The summed E-state index contributed by atoms with van der Waals surface area (Å²) in [4.78, 5) is 38.3. The van der Waals surface area contributed by atoms with E-state index in [0.717, 1.165) is 6.42 Å². The third kappa shape index (κ3) is 3.23. The highest BCUT2D eigenvalue weighted by atomic mass is 16.4. The van der Waals surface area contributed by atoms with Crippen molar-refractivity contribution in [2.45, 2.75) is 37.5 Å². The Morgan fingerprint density at radius 1 is 1.31 bits per heavy atom. The van der Waals surface area contributed by atoms with Crippen LogP contribution in [0.4, 0.5) is 0 Å². The zero-order valence-electron chi connectivity index (χ0n) is 16.3. The Balaban J connectivity index is 2.37. The lowest BCUT2D eigenvalue weighted by molar-refractivity contribution is -0.135. The summed E-state index contributed by atoms with van der Waals surface area (Å²) in [6.45, 7) is -0.189. The number of benzene rings is 1. The molecule has 1 aromatic heterocycles. The molecule has 1 aromatic carbocycles. The number of amides is 2. The third-order valence-electron chi connectivity index (χ3n) is 6.01. The molecule has 0 bridgehead atoms. The number of carbonyl (C=O) groups excluding carboxylic acids is 2. The molecule has 0 saturated heterocycles. The van der Waals surface area contributed by atoms with Crippen LogP contribution in [0, 0.1) is 17.2 Å². The molecule has 0 radical (unpaired) electrons. The van der Waals surface area contributed by atoms with E-state index in [1.165, 1.54) is 4.57 Å². The van der Waals surface area contributed by atoms with Crippen LogP contribution in [0.15, 0.2) is 24.3 Å². The average Bonchev–Trinajstić information content (AvgIpc) is 2.85. The Kier molecular flexibility index (Phi) is 5.59. The Morgan fingerprint density at radius 3 is 2.69 bits per heavy atom. The molecule has 0 unspecified atom stereocenters. The maximum Gasteiger partial charge on any atom is 0.352 e. The highest BCUT2D eigenvalue weighted by Gasteiger charge is 2.52. The van der Waals surface area contributed by atoms with Crippen molar-refractivity contribution in [1.82, 2.24) is 9.88 Å². The second-order valence-corrected chi connectivity index (χ2v) is 7.47. The molecule has 0 aliphatic heterocycles. The summed E-state index contributed by atoms with van der Waals surface area (Å²) < 4.78 is 1.53. The molecule has 8 heteroatoms. The van der Waals surface area contributed by atoms with E-state index in [1.807, 2.05) is 6.07 Å². The number of rotatable bonds is 5. The molecule has 29 heavy (non-hydrogen) atoms. The summed E-state index contributed by atoms with van der Waals surface area (Å²) in [5.74, 6) is -3.19. The summed E-state index contributed by atoms with van der Waals surface area (Å²) in [6.07, 6.45) is 2.84. The number of carboxylic acid groups (broad SMARTS) is 1. The first-order valence-corrected chi connectivity index (χ1v) is 9.62. The number of aryl methyl sites for hydroxylation is 1. The zero-order chi connectivity index (χ0) is 21.2. The van der Waals surface area contributed by atoms with E-state index in [4.69, 9.17) is 11.0 Å². The molecule has 1 aliphatic carbocycles. The number of aromatic carboxylic acids is 1. The van der Waals surface area contributed by atoms with Gasteiger partial charge in [-0.3, -0.25) is 9.59 Å². The first kappa shape index (κ1) is 20.4. The SMILES string of the molecule is Cn1c(C(=O)O)c([C@]2(C(N)=O)CCCCC[C@H]2C(=O)NCC#N)c2ccccc21. The molecule has 2 atom stereocenters. The summed E-state index contributed by atoms with van der Waals surface area (Å²) in [5, 5.41) is 22.0. The van der Waals surface area contributed by atoms with Crippen LogP contribution in [0.3, 0.4) is 0 Å². The lowest BCUT2D eigenvalue weighted by atomic mass is 9.65. The van der Waals surface area contributed by atoms with Gasteiger partial charge in [0.25, 0.3) is 0 Å². The van der Waals surface area contributed by atoms with Crippen LogP contribution in [0.2, 0.25) is 0 Å². The monoisotopic (exact) mass is 396 g/mol. The van der Waals surface area contributed by atoms with Crippen LogP contribution in [0.1, 0.15) is 48.2 Å². The number of nitrogens with zero attached hydrogens (tertiary/aromatic N) is 2. The maximum absolute atomic E-state index is 13.0. The van der Waals surface area contributed by atoms with Crippen LogP contribution in [0.25, 0.3) is 10.9 Å². The highest BCUT2D eigenvalue weighted by Crippen LogP contribution is 2.47. The molecule has 1 fully saturated rings. The molecule has 152 valence electrons. The fourth-order valence-corrected chi connectivity index (χ4v) is 4.77. The first-order chi connectivity index (χ1) is 13.9. The largest absolute Gasteiger partial charge is 0.477 e. The number of hydrogen-bond acceptors (Lipinski definition) is 4. The van der Waals surface area contributed by atoms with Gasteiger partial charge in [-0.05, 0) is 18.9 Å². The molecule has 1 aliphatic rings. The van der Waals surface area contributed by atoms with Gasteiger partial charge in [-0.25, -0.2) is 4.79 Å². The second kappa shape index (κ2) is 7.95. The van der Waals surface area contributed by atoms with Gasteiger partial charge in [0.1, 0.15) is 12.2 Å². The van der Waals surface area contributed by atoms with Crippen molar-refractivity contribution in [1.29, 1.82) is 5.26 Å². The molecule has 2 amide bonds. The number of fused-ring (bicyclic) bond motifs is 1. The van der Waals surface area contributed by atoms with E-state index < -0.39 is 29.1 Å². The van der Waals surface area contributed by atoms with Gasteiger partial charge in [-0.1, -0.05) is 37.5 Å². The number of nitrogens with two attached hydrogens (primary N) is 1. The lowest BCUT2D eigenvalue weighted by Gasteiger charge is -2.36. The van der Waals surface area contributed by atoms with Crippen LogP contribution in [-0.4, -0.2) is 34.0 Å². The van der Waals surface area contributed by atoms with Crippen molar-refractivity contribution in [3.05, 3.63) is 35.5 Å². The van der Waals surface area contributed by atoms with E-state index in [9.17, 15) is 19.5 Å². The van der Waals surface area contributed by atoms with Gasteiger partial charge < -0.3 is 20.7 Å². The molecule has 4 N–H and O–H groups in total. The number of carbonyl (C=O) groups is 3. The molecule has 8 nitrogen and oxygen atoms in total. The van der Waals surface area contributed by atoms with Gasteiger partial charge in [0.05, 0.1) is 17.4 Å². The molecular formula is C21H24N4O4. The lowest BCUT2D eigenvalue weighted by Crippen LogP contribution is -2.53. The van der Waals surface area contributed by atoms with Crippen molar-refractivity contribution in [3.63, 3.8) is 0 Å². The number of para-hydroxylation sites is 1. The summed E-state index contributed by atoms with van der Waals surface area (Å²) in [6, 6.07) is 8.97. The van der Waals surface area contributed by atoms with Gasteiger partial charge in [-0.2, -0.15) is 5.26 Å². The van der Waals surface area contributed by atoms with Crippen molar-refractivity contribution >= 4 is 28.7 Å². The van der Waals surface area contributed by atoms with Crippen molar-refractivity contribution in [2.24, 2.45) is 18.7 Å². The molecule has 1 saturated carbocycles. The van der Waals surface area contributed by atoms with E-state index >= 15 is 0 Å². The fourth-order valence-electron chi connectivity index (χ4n) is 4.77. The smallest absolute Gasteiger partial charge is 0.352 e. The normalized spacial score (nSPS) is 21.9. The highest BCUT2D eigenvalue weighted by molar-refractivity contribution is 6.05. The molecular weight excluding hydrogens is 372 g/mol. The minimum Gasteiger partial charge on any atom is -0.477 e. The van der Waals surface area contributed by atoms with Crippen molar-refractivity contribution in [2.75, 3.05) is 6.54 Å². The predicted molar refractivity (Wildman–Crippen MR) is 106 cm³/mol. The third-order valence-corrected chi connectivity index (χ3v) is 6.01. The summed E-state index contributed by atoms with van der Waals surface area (Å²) in [7, 11) is 1.63. The van der Waals surface area contributed by atoms with Gasteiger partial charge in [-0.15, -0.1) is 0 Å². The molecule has 1 heterocycles. The van der Waals surface area contributed by atoms with Crippen LogP contribution < -0.4 is 11.1 Å². The number of aromatic nitrogens is 1. The zero-order valence-corrected chi connectivity index (χ0v) is 16.3. The number of hydrogen-bond donors (Lipinski definition) is 3. The number of nitrogens with one attached hydrogen (secondary N) is 1. The molecule has 3 rings (SSSR count). The number of primary amides is 1. The van der Waals surface area contributed by atoms with E-state index in [1.54, 1.807) is 31.3 Å². The summed E-state index contributed by atoms with van der Waals surface area (Å²) >= 11 is 0. The molecule has 0 spiro atoms. The Morgan fingerprint density at radius 2 is 2.03 bits per heavy atom. The average molecular weight is 396 g/mol. The van der Waals surface area contributed by atoms with Gasteiger partial charge in [0.15, 0.2) is 0 Å². The van der Waals surface area contributed by atoms with Gasteiger partial charge in [0.2, 0.25) is 11.8 Å². The second-order valence-electron chi connectivity index (χ2n) is 7.47. The minimum atomic E-state index is -1.47. The quantitative estimate of drug-likeness (QED) is 0.523. The van der Waals surface area contributed by atoms with Crippen molar-refractivity contribution in [3.8, 4) is 6.07 Å². The maximum atomic E-state index is 13.0. The number of nitriles is 1. The topological polar surface area (TPSA) is 138 Å². The van der Waals surface area contributed by atoms with E-state index in [-0.39, 0.29) is 18.7 Å². The summed E-state index contributed by atoms with van der Waals surface area (Å²) in [5.41, 5.74) is 5.39. The predicted octanol–water partition coefficient (Wildman–Crippen LogP) is 1.82. The van der Waals surface area contributed by atoms with Crippen LogP contribution in [0.5, 0.6) is 0 Å². The van der Waals surface area contributed by atoms with Crippen LogP contribution >= 0.6 is 0 Å². The standard InChI is InChI=1S/C21H24N4O4/c1-25-15-9-5-4-7-13(15)16(17(25)19(27)28)21(20(23)29)10-6-2-3-8-14(21)18(26)24-12-11-22/h4-5,7,9,14H,2-3,6,8,10,12H2,1H3,(H2,23,29)(H,24,26)(H,27,28)/t14-,21-/m0/s1. The van der Waals surface area contributed by atoms with E-state index in [2.05, 4.69) is 5.32 Å². The Hall–Kier alpha value is -3.34. The number of carboxylic acids is 1. The van der Waals surface area contributed by atoms with Gasteiger partial charge in [0, 0.05) is 23.5 Å².